The number of tetrazole rings is 1. The number of nitrogens with zero attached hydrogens (tertiary/aromatic N) is 7. The number of imidazole rings is 1. The molecule has 0 saturated carbocycles. The number of carbonyl (C=O) groups is 1. The van der Waals surface area contributed by atoms with Gasteiger partial charge in [0.1, 0.15) is 12.4 Å². The van der Waals surface area contributed by atoms with Gasteiger partial charge in [0.2, 0.25) is 5.91 Å². The zero-order valence-electron chi connectivity index (χ0n) is 19.5. The lowest BCUT2D eigenvalue weighted by Crippen LogP contribution is -2.17. The topological polar surface area (TPSA) is 113 Å². The summed E-state index contributed by atoms with van der Waals surface area (Å²) in [6.45, 7) is 8.47. The Labute approximate surface area is 192 Å². The Morgan fingerprint density at radius 3 is 2.64 bits per heavy atom. The molecule has 0 fully saturated rings. The first-order valence-corrected chi connectivity index (χ1v) is 10.8. The van der Waals surface area contributed by atoms with E-state index < -0.39 is 0 Å². The monoisotopic (exact) mass is 448 g/mol. The maximum atomic E-state index is 12.3. The molecule has 0 unspecified atom stereocenters. The van der Waals surface area contributed by atoms with Crippen molar-refractivity contribution in [2.75, 3.05) is 5.32 Å². The summed E-state index contributed by atoms with van der Waals surface area (Å²) in [7, 11) is 1.76. The number of aryl methyl sites for hydroxylation is 2. The second-order valence-electron chi connectivity index (χ2n) is 9.18. The molecule has 10 nitrogen and oxygen atoms in total. The Bertz CT molecular complexity index is 1290. The van der Waals surface area contributed by atoms with Gasteiger partial charge in [0.05, 0.1) is 16.7 Å². The molecule has 172 valence electrons. The standard InChI is InChI=1S/C23H28N8O2/c1-15-10-11-19(26-20(32)12-13-23(2,3)4)24-17(15)14-33-22-25-16-8-6-7-9-18(16)31(22)21-27-28-29-30(21)5/h6-11H,12-14H2,1-5H3,(H,24,26,32). The molecule has 10 heteroatoms. The van der Waals surface area contributed by atoms with Crippen molar-refractivity contribution < 1.29 is 9.53 Å². The van der Waals surface area contributed by atoms with Crippen LogP contribution in [0.3, 0.4) is 0 Å². The summed E-state index contributed by atoms with van der Waals surface area (Å²) in [5.41, 5.74) is 3.35. The van der Waals surface area contributed by atoms with Gasteiger partial charge in [-0.3, -0.25) is 4.79 Å². The molecule has 0 aliphatic heterocycles. The highest BCUT2D eigenvalue weighted by Gasteiger charge is 2.19. The summed E-state index contributed by atoms with van der Waals surface area (Å²) in [6, 6.07) is 11.7. The number of nitrogens with one attached hydrogen (secondary N) is 1. The van der Waals surface area contributed by atoms with Gasteiger partial charge in [0, 0.05) is 13.5 Å². The molecule has 0 bridgehead atoms. The summed E-state index contributed by atoms with van der Waals surface area (Å²) in [4.78, 5) is 21.5. The molecule has 3 aromatic heterocycles. The minimum atomic E-state index is -0.0512. The van der Waals surface area contributed by atoms with E-state index >= 15 is 0 Å². The Hall–Kier alpha value is -3.82. The fraction of sp³-hybridized carbons (Fsp3) is 0.391. The van der Waals surface area contributed by atoms with E-state index in [4.69, 9.17) is 4.74 Å². The van der Waals surface area contributed by atoms with Crippen molar-refractivity contribution in [2.24, 2.45) is 12.5 Å². The van der Waals surface area contributed by atoms with Gasteiger partial charge in [-0.15, -0.1) is 0 Å². The highest BCUT2D eigenvalue weighted by molar-refractivity contribution is 5.89. The van der Waals surface area contributed by atoms with Crippen LogP contribution in [0.5, 0.6) is 6.01 Å². The first-order chi connectivity index (χ1) is 15.7. The van der Waals surface area contributed by atoms with Crippen LogP contribution in [-0.2, 0) is 18.4 Å². The maximum Gasteiger partial charge on any atom is 0.305 e. The third-order valence-corrected chi connectivity index (χ3v) is 5.24. The van der Waals surface area contributed by atoms with Crippen LogP contribution in [0.4, 0.5) is 5.82 Å². The van der Waals surface area contributed by atoms with Crippen molar-refractivity contribution in [1.29, 1.82) is 0 Å². The van der Waals surface area contributed by atoms with Crippen molar-refractivity contribution in [3.8, 4) is 12.0 Å². The molecule has 0 aliphatic carbocycles. The summed E-state index contributed by atoms with van der Waals surface area (Å²) >= 11 is 0. The average molecular weight is 449 g/mol. The van der Waals surface area contributed by atoms with Crippen LogP contribution in [0.25, 0.3) is 17.0 Å². The largest absolute Gasteiger partial charge is 0.458 e. The molecule has 1 amide bonds. The SMILES string of the molecule is Cc1ccc(NC(=O)CCC(C)(C)C)nc1COc1nc2ccccc2n1-c1nnnn1C. The number of anilines is 1. The third-order valence-electron chi connectivity index (χ3n) is 5.24. The Morgan fingerprint density at radius 2 is 1.91 bits per heavy atom. The molecule has 1 aromatic carbocycles. The number of amides is 1. The quantitative estimate of drug-likeness (QED) is 0.460. The first kappa shape index (κ1) is 22.4. The predicted molar refractivity (Wildman–Crippen MR) is 124 cm³/mol. The molecular formula is C23H28N8O2. The highest BCUT2D eigenvalue weighted by Crippen LogP contribution is 2.26. The Morgan fingerprint density at radius 1 is 1.12 bits per heavy atom. The number of rotatable bonds is 7. The van der Waals surface area contributed by atoms with Crippen LogP contribution in [-0.4, -0.2) is 40.6 Å². The lowest BCUT2D eigenvalue weighted by molar-refractivity contribution is -0.116. The molecule has 33 heavy (non-hydrogen) atoms. The molecule has 0 atom stereocenters. The van der Waals surface area contributed by atoms with Crippen molar-refractivity contribution >= 4 is 22.8 Å². The smallest absolute Gasteiger partial charge is 0.305 e. The number of hydrogen-bond donors (Lipinski definition) is 1. The lowest BCUT2D eigenvalue weighted by atomic mass is 9.90. The fourth-order valence-electron chi connectivity index (χ4n) is 3.32. The van der Waals surface area contributed by atoms with Gasteiger partial charge in [-0.05, 0) is 52.9 Å². The van der Waals surface area contributed by atoms with Gasteiger partial charge < -0.3 is 10.1 Å². The zero-order chi connectivity index (χ0) is 23.6. The van der Waals surface area contributed by atoms with Gasteiger partial charge in [-0.1, -0.05) is 44.1 Å². The van der Waals surface area contributed by atoms with Crippen LogP contribution in [0.1, 0.15) is 44.9 Å². The lowest BCUT2D eigenvalue weighted by Gasteiger charge is -2.17. The van der Waals surface area contributed by atoms with Crippen LogP contribution >= 0.6 is 0 Å². The van der Waals surface area contributed by atoms with Gasteiger partial charge >= 0.3 is 6.01 Å². The number of aromatic nitrogens is 7. The number of para-hydroxylation sites is 2. The molecule has 0 saturated heterocycles. The minimum Gasteiger partial charge on any atom is -0.458 e. The third kappa shape index (κ3) is 5.16. The van der Waals surface area contributed by atoms with E-state index in [1.807, 2.05) is 37.3 Å². The van der Waals surface area contributed by atoms with Gasteiger partial charge in [-0.25, -0.2) is 14.2 Å². The summed E-state index contributed by atoms with van der Waals surface area (Å²) in [6.07, 6.45) is 1.24. The highest BCUT2D eigenvalue weighted by atomic mass is 16.5. The van der Waals surface area contributed by atoms with E-state index in [1.165, 1.54) is 0 Å². The second kappa shape index (κ2) is 8.97. The summed E-state index contributed by atoms with van der Waals surface area (Å²) in [5, 5.41) is 14.6. The van der Waals surface area contributed by atoms with E-state index in [2.05, 4.69) is 51.6 Å². The molecule has 1 N–H and O–H groups in total. The summed E-state index contributed by atoms with van der Waals surface area (Å²) in [5.74, 6) is 0.942. The van der Waals surface area contributed by atoms with Crippen molar-refractivity contribution in [2.45, 2.75) is 47.1 Å². The molecule has 4 rings (SSSR count). The number of carbonyl (C=O) groups excluding carboxylic acids is 1. The number of hydrogen-bond acceptors (Lipinski definition) is 7. The Kier molecular flexibility index (Phi) is 6.08. The number of fused-ring (bicyclic) bond motifs is 1. The average Bonchev–Trinajstić information content (AvgIpc) is 3.34. The molecule has 0 spiro atoms. The van der Waals surface area contributed by atoms with Crippen LogP contribution in [0, 0.1) is 12.3 Å². The number of benzene rings is 1. The van der Waals surface area contributed by atoms with Crippen molar-refractivity contribution in [3.63, 3.8) is 0 Å². The second-order valence-corrected chi connectivity index (χ2v) is 9.18. The molecular weight excluding hydrogens is 420 g/mol. The Balaban J connectivity index is 1.55. The van der Waals surface area contributed by atoms with Gasteiger partial charge in [0.15, 0.2) is 0 Å². The van der Waals surface area contributed by atoms with E-state index in [-0.39, 0.29) is 17.9 Å². The van der Waals surface area contributed by atoms with E-state index in [0.29, 0.717) is 29.9 Å². The van der Waals surface area contributed by atoms with Crippen LogP contribution in [0.2, 0.25) is 0 Å². The molecule has 0 aliphatic rings. The zero-order valence-corrected chi connectivity index (χ0v) is 19.5. The summed E-state index contributed by atoms with van der Waals surface area (Å²) < 4.78 is 9.41. The number of pyridine rings is 1. The molecule has 4 aromatic rings. The molecule has 3 heterocycles. The first-order valence-electron chi connectivity index (χ1n) is 10.8. The van der Waals surface area contributed by atoms with Crippen molar-refractivity contribution in [3.05, 3.63) is 47.7 Å². The fourth-order valence-corrected chi connectivity index (χ4v) is 3.32. The van der Waals surface area contributed by atoms with Crippen molar-refractivity contribution in [1.82, 2.24) is 34.7 Å². The van der Waals surface area contributed by atoms with E-state index in [0.717, 1.165) is 23.0 Å². The minimum absolute atomic E-state index is 0.0512. The van der Waals surface area contributed by atoms with Gasteiger partial charge in [-0.2, -0.15) is 4.98 Å². The van der Waals surface area contributed by atoms with E-state index in [9.17, 15) is 4.79 Å². The molecule has 0 radical (unpaired) electrons. The van der Waals surface area contributed by atoms with Crippen LogP contribution in [0.15, 0.2) is 36.4 Å². The normalized spacial score (nSPS) is 11.7. The number of ether oxygens (including phenoxy) is 1. The van der Waals surface area contributed by atoms with Gasteiger partial charge in [0.25, 0.3) is 5.95 Å². The van der Waals surface area contributed by atoms with Crippen LogP contribution < -0.4 is 10.1 Å². The maximum absolute atomic E-state index is 12.3. The van der Waals surface area contributed by atoms with E-state index in [1.54, 1.807) is 22.4 Å². The predicted octanol–water partition coefficient (Wildman–Crippen LogP) is 3.60.